The molecule has 0 saturated carbocycles. The summed E-state index contributed by atoms with van der Waals surface area (Å²) in [4.78, 5) is 0. The third-order valence-electron chi connectivity index (χ3n) is 2.26. The number of nitrogens with two attached hydrogens (primary N) is 1. The number of hydrogen-bond acceptors (Lipinski definition) is 1. The summed E-state index contributed by atoms with van der Waals surface area (Å²) in [6, 6.07) is 0. The lowest BCUT2D eigenvalue weighted by Gasteiger charge is -2.22. The van der Waals surface area contributed by atoms with Crippen molar-refractivity contribution in [2.75, 3.05) is 0 Å². The molecule has 68 valence electrons. The molecule has 0 aliphatic heterocycles. The van der Waals surface area contributed by atoms with Crippen LogP contribution in [0.3, 0.4) is 0 Å². The van der Waals surface area contributed by atoms with Crippen molar-refractivity contribution in [1.82, 2.24) is 0 Å². The molecule has 1 aliphatic carbocycles. The van der Waals surface area contributed by atoms with E-state index in [1.54, 1.807) is 0 Å². The van der Waals surface area contributed by atoms with Gasteiger partial charge in [-0.05, 0) is 30.3 Å². The van der Waals surface area contributed by atoms with E-state index in [1.807, 2.05) is 0 Å². The largest absolute Gasteiger partial charge is 0.402 e. The number of rotatable bonds is 0. The minimum absolute atomic E-state index is 0.199. The van der Waals surface area contributed by atoms with Gasteiger partial charge in [0.1, 0.15) is 0 Å². The molecule has 1 nitrogen and oxygen atoms in total. The smallest absolute Gasteiger partial charge is 0.0118 e. The van der Waals surface area contributed by atoms with Crippen LogP contribution in [0.2, 0.25) is 0 Å². The van der Waals surface area contributed by atoms with Crippen LogP contribution in [-0.2, 0) is 0 Å². The Morgan fingerprint density at radius 2 is 2.00 bits per heavy atom. The van der Waals surface area contributed by atoms with Gasteiger partial charge >= 0.3 is 0 Å². The van der Waals surface area contributed by atoms with Crippen LogP contribution in [0.5, 0.6) is 0 Å². The van der Waals surface area contributed by atoms with Crippen molar-refractivity contribution in [3.63, 3.8) is 0 Å². The van der Waals surface area contributed by atoms with E-state index in [-0.39, 0.29) is 5.41 Å². The third kappa shape index (κ3) is 2.13. The average molecular weight is 165 g/mol. The fraction of sp³-hybridized carbons (Fsp3) is 0.636. The first-order valence-electron chi connectivity index (χ1n) is 4.67. The van der Waals surface area contributed by atoms with E-state index >= 15 is 0 Å². The van der Waals surface area contributed by atoms with Crippen LogP contribution in [0.25, 0.3) is 0 Å². The first-order valence-corrected chi connectivity index (χ1v) is 4.67. The van der Waals surface area contributed by atoms with Gasteiger partial charge in [0.05, 0.1) is 0 Å². The monoisotopic (exact) mass is 165 g/mol. The minimum Gasteiger partial charge on any atom is -0.402 e. The van der Waals surface area contributed by atoms with Crippen molar-refractivity contribution < 1.29 is 0 Å². The van der Waals surface area contributed by atoms with Gasteiger partial charge in [0.15, 0.2) is 0 Å². The predicted octanol–water partition coefficient (Wildman–Crippen LogP) is 2.99. The second-order valence-corrected chi connectivity index (χ2v) is 4.48. The highest BCUT2D eigenvalue weighted by atomic mass is 14.6. The molecule has 0 saturated heterocycles. The molecule has 0 aromatic rings. The SMILES string of the molecule is CC(C)(C)C1=C(N)CCCC=C1. The molecule has 1 heteroatoms. The van der Waals surface area contributed by atoms with Gasteiger partial charge in [-0.3, -0.25) is 0 Å². The number of allylic oxidation sites excluding steroid dienone is 4. The Morgan fingerprint density at radius 1 is 1.33 bits per heavy atom. The van der Waals surface area contributed by atoms with E-state index in [2.05, 4.69) is 32.9 Å². The van der Waals surface area contributed by atoms with E-state index in [1.165, 1.54) is 18.4 Å². The van der Waals surface area contributed by atoms with E-state index in [0.717, 1.165) is 12.1 Å². The molecule has 0 bridgehead atoms. The molecule has 12 heavy (non-hydrogen) atoms. The summed E-state index contributed by atoms with van der Waals surface area (Å²) < 4.78 is 0. The van der Waals surface area contributed by atoms with Gasteiger partial charge in [0.2, 0.25) is 0 Å². The molecule has 0 unspecified atom stereocenters. The molecule has 0 atom stereocenters. The molecular formula is C11H19N. The van der Waals surface area contributed by atoms with Crippen LogP contribution >= 0.6 is 0 Å². The average Bonchev–Trinajstić information content (AvgIpc) is 2.11. The van der Waals surface area contributed by atoms with Gasteiger partial charge in [-0.2, -0.15) is 0 Å². The molecular weight excluding hydrogens is 146 g/mol. The summed E-state index contributed by atoms with van der Waals surface area (Å²) in [7, 11) is 0. The van der Waals surface area contributed by atoms with E-state index in [0.29, 0.717) is 0 Å². The molecule has 1 aliphatic rings. The van der Waals surface area contributed by atoms with Crippen molar-refractivity contribution in [3.05, 3.63) is 23.4 Å². The first kappa shape index (κ1) is 9.37. The van der Waals surface area contributed by atoms with Crippen molar-refractivity contribution >= 4 is 0 Å². The summed E-state index contributed by atoms with van der Waals surface area (Å²) in [6.45, 7) is 6.64. The van der Waals surface area contributed by atoms with Crippen LogP contribution in [0, 0.1) is 5.41 Å². The molecule has 0 fully saturated rings. The van der Waals surface area contributed by atoms with E-state index in [9.17, 15) is 0 Å². The van der Waals surface area contributed by atoms with Gasteiger partial charge in [0.25, 0.3) is 0 Å². The fourth-order valence-corrected chi connectivity index (χ4v) is 1.58. The maximum atomic E-state index is 5.99. The van der Waals surface area contributed by atoms with Crippen LogP contribution in [0.4, 0.5) is 0 Å². The van der Waals surface area contributed by atoms with Gasteiger partial charge in [-0.1, -0.05) is 32.9 Å². The molecule has 2 N–H and O–H groups in total. The van der Waals surface area contributed by atoms with Gasteiger partial charge < -0.3 is 5.73 Å². The summed E-state index contributed by atoms with van der Waals surface area (Å²) in [5.74, 6) is 0. The minimum atomic E-state index is 0.199. The van der Waals surface area contributed by atoms with Gasteiger partial charge in [-0.15, -0.1) is 0 Å². The highest BCUT2D eigenvalue weighted by Crippen LogP contribution is 2.30. The zero-order valence-electron chi connectivity index (χ0n) is 8.35. The lowest BCUT2D eigenvalue weighted by atomic mass is 9.85. The standard InChI is InChI=1S/C11H19N/c1-11(2,3)9-7-5-4-6-8-10(9)12/h5,7H,4,6,8,12H2,1-3H3. The Kier molecular flexibility index (Phi) is 2.61. The zero-order chi connectivity index (χ0) is 9.19. The lowest BCUT2D eigenvalue weighted by molar-refractivity contribution is 0.509. The Balaban J connectivity index is 2.95. The first-order chi connectivity index (χ1) is 5.52. The van der Waals surface area contributed by atoms with E-state index in [4.69, 9.17) is 5.73 Å². The molecule has 0 amide bonds. The molecule has 0 spiro atoms. The summed E-state index contributed by atoms with van der Waals surface area (Å²) in [5, 5.41) is 0. The second-order valence-electron chi connectivity index (χ2n) is 4.48. The molecule has 1 rings (SSSR count). The Hall–Kier alpha value is -0.720. The second kappa shape index (κ2) is 3.34. The van der Waals surface area contributed by atoms with Crippen LogP contribution < -0.4 is 5.73 Å². The highest BCUT2D eigenvalue weighted by Gasteiger charge is 2.18. The lowest BCUT2D eigenvalue weighted by Crippen LogP contribution is -2.13. The maximum Gasteiger partial charge on any atom is 0.0118 e. The highest BCUT2D eigenvalue weighted by molar-refractivity contribution is 5.30. The summed E-state index contributed by atoms with van der Waals surface area (Å²) in [6.07, 6.45) is 7.85. The van der Waals surface area contributed by atoms with Gasteiger partial charge in [-0.25, -0.2) is 0 Å². The van der Waals surface area contributed by atoms with E-state index < -0.39 is 0 Å². The van der Waals surface area contributed by atoms with Crippen molar-refractivity contribution in [1.29, 1.82) is 0 Å². The maximum absolute atomic E-state index is 5.99. The topological polar surface area (TPSA) is 26.0 Å². The quantitative estimate of drug-likeness (QED) is 0.586. The molecule has 0 aromatic heterocycles. The van der Waals surface area contributed by atoms with Crippen molar-refractivity contribution in [3.8, 4) is 0 Å². The molecule has 0 heterocycles. The third-order valence-corrected chi connectivity index (χ3v) is 2.26. The van der Waals surface area contributed by atoms with Crippen molar-refractivity contribution in [2.45, 2.75) is 40.0 Å². The molecule has 0 aromatic carbocycles. The number of hydrogen-bond donors (Lipinski definition) is 1. The van der Waals surface area contributed by atoms with Crippen LogP contribution in [-0.4, -0.2) is 0 Å². The van der Waals surface area contributed by atoms with Crippen molar-refractivity contribution in [2.24, 2.45) is 11.1 Å². The molecule has 0 radical (unpaired) electrons. The Bertz CT molecular complexity index is 216. The van der Waals surface area contributed by atoms with Crippen LogP contribution in [0.1, 0.15) is 40.0 Å². The van der Waals surface area contributed by atoms with Gasteiger partial charge in [0, 0.05) is 5.70 Å². The normalized spacial score (nSPS) is 19.6. The fourth-order valence-electron chi connectivity index (χ4n) is 1.58. The summed E-state index contributed by atoms with van der Waals surface area (Å²) >= 11 is 0. The zero-order valence-corrected chi connectivity index (χ0v) is 8.35. The van der Waals surface area contributed by atoms with Crippen LogP contribution in [0.15, 0.2) is 23.4 Å². The Labute approximate surface area is 75.3 Å². The summed E-state index contributed by atoms with van der Waals surface area (Å²) in [5.41, 5.74) is 8.59. The Morgan fingerprint density at radius 3 is 2.58 bits per heavy atom. The predicted molar refractivity (Wildman–Crippen MR) is 53.7 cm³/mol.